The SMILES string of the molecule is O=C1C[C@@H](C(=O)N(CCc2ccccc2)Cc2ccccc2)CN1Cc1ccco1. The van der Waals surface area contributed by atoms with Crippen LogP contribution < -0.4 is 0 Å². The van der Waals surface area contributed by atoms with Crippen LogP contribution in [0, 0.1) is 5.92 Å². The van der Waals surface area contributed by atoms with Crippen molar-refractivity contribution >= 4 is 11.8 Å². The fourth-order valence-electron chi connectivity index (χ4n) is 3.92. The van der Waals surface area contributed by atoms with Crippen molar-refractivity contribution in [2.24, 2.45) is 5.92 Å². The van der Waals surface area contributed by atoms with Crippen molar-refractivity contribution in [3.63, 3.8) is 0 Å². The van der Waals surface area contributed by atoms with Crippen molar-refractivity contribution in [2.45, 2.75) is 25.9 Å². The van der Waals surface area contributed by atoms with Gasteiger partial charge in [-0.05, 0) is 29.7 Å². The smallest absolute Gasteiger partial charge is 0.228 e. The zero-order valence-electron chi connectivity index (χ0n) is 16.9. The number of hydrogen-bond donors (Lipinski definition) is 0. The van der Waals surface area contributed by atoms with Crippen LogP contribution in [0.2, 0.25) is 0 Å². The molecule has 0 aliphatic carbocycles. The van der Waals surface area contributed by atoms with Gasteiger partial charge >= 0.3 is 0 Å². The second-order valence-electron chi connectivity index (χ2n) is 7.74. The Morgan fingerprint density at radius 2 is 1.67 bits per heavy atom. The molecule has 2 amide bonds. The minimum absolute atomic E-state index is 0.00692. The highest BCUT2D eigenvalue weighted by molar-refractivity contribution is 5.89. The highest BCUT2D eigenvalue weighted by atomic mass is 16.3. The average Bonchev–Trinajstić information content (AvgIpc) is 3.42. The summed E-state index contributed by atoms with van der Waals surface area (Å²) in [6, 6.07) is 23.9. The molecule has 1 fully saturated rings. The Kier molecular flexibility index (Phi) is 6.28. The zero-order chi connectivity index (χ0) is 20.8. The Labute approximate surface area is 176 Å². The van der Waals surface area contributed by atoms with E-state index < -0.39 is 0 Å². The number of hydrogen-bond acceptors (Lipinski definition) is 3. The molecule has 0 spiro atoms. The van der Waals surface area contributed by atoms with Crippen molar-refractivity contribution < 1.29 is 14.0 Å². The number of carbonyl (C=O) groups is 2. The van der Waals surface area contributed by atoms with Crippen LogP contribution in [0.4, 0.5) is 0 Å². The summed E-state index contributed by atoms with van der Waals surface area (Å²) in [5.41, 5.74) is 2.29. The summed E-state index contributed by atoms with van der Waals surface area (Å²) in [4.78, 5) is 29.5. The molecule has 30 heavy (non-hydrogen) atoms. The second-order valence-corrected chi connectivity index (χ2v) is 7.74. The quantitative estimate of drug-likeness (QED) is 0.574. The van der Waals surface area contributed by atoms with E-state index in [0.29, 0.717) is 26.2 Å². The van der Waals surface area contributed by atoms with Gasteiger partial charge in [-0.15, -0.1) is 0 Å². The lowest BCUT2D eigenvalue weighted by Gasteiger charge is -2.26. The van der Waals surface area contributed by atoms with E-state index in [1.165, 1.54) is 5.56 Å². The molecule has 1 aliphatic heterocycles. The number of furan rings is 1. The van der Waals surface area contributed by atoms with E-state index in [1.807, 2.05) is 65.6 Å². The van der Waals surface area contributed by atoms with Crippen LogP contribution in [0.1, 0.15) is 23.3 Å². The molecule has 5 heteroatoms. The fraction of sp³-hybridized carbons (Fsp3) is 0.280. The van der Waals surface area contributed by atoms with Gasteiger partial charge in [0.2, 0.25) is 11.8 Å². The highest BCUT2D eigenvalue weighted by Crippen LogP contribution is 2.23. The molecule has 0 radical (unpaired) electrons. The van der Waals surface area contributed by atoms with Crippen molar-refractivity contribution in [1.29, 1.82) is 0 Å². The lowest BCUT2D eigenvalue weighted by molar-refractivity contribution is -0.136. The van der Waals surface area contributed by atoms with Crippen LogP contribution >= 0.6 is 0 Å². The van der Waals surface area contributed by atoms with Gasteiger partial charge in [0.15, 0.2) is 0 Å². The third-order valence-electron chi connectivity index (χ3n) is 5.53. The van der Waals surface area contributed by atoms with Crippen LogP contribution in [-0.2, 0) is 29.1 Å². The van der Waals surface area contributed by atoms with Crippen molar-refractivity contribution in [3.8, 4) is 0 Å². The van der Waals surface area contributed by atoms with E-state index in [9.17, 15) is 9.59 Å². The maximum atomic E-state index is 13.4. The lowest BCUT2D eigenvalue weighted by atomic mass is 10.1. The monoisotopic (exact) mass is 402 g/mol. The maximum absolute atomic E-state index is 13.4. The molecule has 1 atom stereocenters. The number of carbonyl (C=O) groups excluding carboxylic acids is 2. The Balaban J connectivity index is 1.44. The molecule has 0 saturated carbocycles. The van der Waals surface area contributed by atoms with Crippen LogP contribution in [0.3, 0.4) is 0 Å². The first-order valence-electron chi connectivity index (χ1n) is 10.4. The third kappa shape index (κ3) is 4.98. The Morgan fingerprint density at radius 3 is 2.33 bits per heavy atom. The summed E-state index contributed by atoms with van der Waals surface area (Å²) in [7, 11) is 0. The maximum Gasteiger partial charge on any atom is 0.228 e. The standard InChI is InChI=1S/C25H26N2O3/c28-24-16-22(18-27(24)19-23-12-7-15-30-23)25(29)26(17-21-10-5-2-6-11-21)14-13-20-8-3-1-4-9-20/h1-12,15,22H,13-14,16-19H2/t22-/m1/s1. The first kappa shape index (κ1) is 20.0. The van der Waals surface area contributed by atoms with Gasteiger partial charge in [0.1, 0.15) is 5.76 Å². The van der Waals surface area contributed by atoms with E-state index in [1.54, 1.807) is 11.2 Å². The van der Waals surface area contributed by atoms with Gasteiger partial charge in [-0.25, -0.2) is 0 Å². The second kappa shape index (κ2) is 9.44. The van der Waals surface area contributed by atoms with Gasteiger partial charge in [-0.3, -0.25) is 9.59 Å². The summed E-state index contributed by atoms with van der Waals surface area (Å²) in [5, 5.41) is 0. The fourth-order valence-corrected chi connectivity index (χ4v) is 3.92. The molecular formula is C25H26N2O3. The van der Waals surface area contributed by atoms with Crippen LogP contribution in [0.5, 0.6) is 0 Å². The molecule has 0 bridgehead atoms. The highest BCUT2D eigenvalue weighted by Gasteiger charge is 2.36. The summed E-state index contributed by atoms with van der Waals surface area (Å²) < 4.78 is 5.36. The van der Waals surface area contributed by atoms with Crippen molar-refractivity contribution in [3.05, 3.63) is 95.9 Å². The molecule has 2 aromatic carbocycles. The molecule has 0 N–H and O–H groups in total. The van der Waals surface area contributed by atoms with Gasteiger partial charge in [-0.2, -0.15) is 0 Å². The Bertz CT molecular complexity index is 955. The van der Waals surface area contributed by atoms with Crippen molar-refractivity contribution in [1.82, 2.24) is 9.80 Å². The summed E-state index contributed by atoms with van der Waals surface area (Å²) in [6.07, 6.45) is 2.65. The molecule has 2 heterocycles. The normalized spacial score (nSPS) is 16.1. The first-order valence-corrected chi connectivity index (χ1v) is 10.4. The minimum Gasteiger partial charge on any atom is -0.467 e. The lowest BCUT2D eigenvalue weighted by Crippen LogP contribution is -2.38. The Hall–Kier alpha value is -3.34. The number of amides is 2. The average molecular weight is 402 g/mol. The van der Waals surface area contributed by atoms with Gasteiger partial charge in [0, 0.05) is 26.1 Å². The minimum atomic E-state index is -0.313. The zero-order valence-corrected chi connectivity index (χ0v) is 16.9. The Morgan fingerprint density at radius 1 is 0.967 bits per heavy atom. The number of benzene rings is 2. The molecular weight excluding hydrogens is 376 g/mol. The summed E-state index contributed by atoms with van der Waals surface area (Å²) in [5.74, 6) is 0.478. The predicted octanol–water partition coefficient (Wildman–Crippen LogP) is 3.90. The van der Waals surface area contributed by atoms with Crippen LogP contribution in [-0.4, -0.2) is 34.7 Å². The topological polar surface area (TPSA) is 53.8 Å². The molecule has 154 valence electrons. The van der Waals surface area contributed by atoms with Crippen LogP contribution in [0.15, 0.2) is 83.5 Å². The molecule has 1 aliphatic rings. The summed E-state index contributed by atoms with van der Waals surface area (Å²) in [6.45, 7) is 2.03. The number of nitrogens with zero attached hydrogens (tertiary/aromatic N) is 2. The number of rotatable bonds is 8. The molecule has 4 rings (SSSR count). The first-order chi connectivity index (χ1) is 14.7. The third-order valence-corrected chi connectivity index (χ3v) is 5.53. The van der Waals surface area contributed by atoms with E-state index in [2.05, 4.69) is 12.1 Å². The predicted molar refractivity (Wildman–Crippen MR) is 114 cm³/mol. The van der Waals surface area contributed by atoms with Gasteiger partial charge < -0.3 is 14.2 Å². The van der Waals surface area contributed by atoms with Gasteiger partial charge in [0.05, 0.1) is 18.7 Å². The van der Waals surface area contributed by atoms with E-state index >= 15 is 0 Å². The van der Waals surface area contributed by atoms with E-state index in [0.717, 1.165) is 17.7 Å². The molecule has 5 nitrogen and oxygen atoms in total. The van der Waals surface area contributed by atoms with E-state index in [-0.39, 0.29) is 24.2 Å². The largest absolute Gasteiger partial charge is 0.467 e. The van der Waals surface area contributed by atoms with Crippen molar-refractivity contribution in [2.75, 3.05) is 13.1 Å². The number of likely N-dealkylation sites (tertiary alicyclic amines) is 1. The molecule has 1 saturated heterocycles. The summed E-state index contributed by atoms with van der Waals surface area (Å²) >= 11 is 0. The molecule has 3 aromatic rings. The molecule has 1 aromatic heterocycles. The molecule has 0 unspecified atom stereocenters. The van der Waals surface area contributed by atoms with Gasteiger partial charge in [-0.1, -0.05) is 60.7 Å². The van der Waals surface area contributed by atoms with Gasteiger partial charge in [0.25, 0.3) is 0 Å². The van der Waals surface area contributed by atoms with Crippen LogP contribution in [0.25, 0.3) is 0 Å². The van der Waals surface area contributed by atoms with E-state index in [4.69, 9.17) is 4.42 Å².